The molecule has 0 spiro atoms. The molecule has 86 valence electrons. The van der Waals surface area contributed by atoms with E-state index >= 15 is 0 Å². The molecule has 0 atom stereocenters. The van der Waals surface area contributed by atoms with E-state index in [1.165, 1.54) is 30.3 Å². The molecule has 0 saturated carbocycles. The second-order valence-corrected chi connectivity index (χ2v) is 4.52. The van der Waals surface area contributed by atoms with Gasteiger partial charge in [-0.05, 0) is 24.3 Å². The van der Waals surface area contributed by atoms with Crippen LogP contribution in [0.4, 0.5) is 5.69 Å². The van der Waals surface area contributed by atoms with Crippen LogP contribution in [0, 0.1) is 0 Å². The molecule has 16 heavy (non-hydrogen) atoms. The second-order valence-electron chi connectivity index (χ2n) is 2.97. The van der Waals surface area contributed by atoms with Crippen molar-refractivity contribution in [3.8, 4) is 0 Å². The highest BCUT2D eigenvalue weighted by molar-refractivity contribution is 7.87. The Labute approximate surface area is 93.7 Å². The second kappa shape index (κ2) is 4.80. The van der Waals surface area contributed by atoms with E-state index in [4.69, 9.17) is 5.73 Å². The predicted octanol–water partition coefficient (Wildman–Crippen LogP) is 1.08. The van der Waals surface area contributed by atoms with Crippen LogP contribution in [0.2, 0.25) is 0 Å². The first-order valence-electron chi connectivity index (χ1n) is 4.39. The van der Waals surface area contributed by atoms with Gasteiger partial charge in [0.05, 0.1) is 6.42 Å². The molecule has 0 aliphatic rings. The van der Waals surface area contributed by atoms with Gasteiger partial charge in [-0.25, -0.2) is 0 Å². The highest BCUT2D eigenvalue weighted by Gasteiger charge is 2.18. The van der Waals surface area contributed by atoms with Gasteiger partial charge in [0.25, 0.3) is 0 Å². The molecule has 0 amide bonds. The van der Waals surface area contributed by atoms with E-state index in [0.717, 1.165) is 0 Å². The van der Waals surface area contributed by atoms with Crippen molar-refractivity contribution < 1.29 is 17.4 Å². The zero-order valence-corrected chi connectivity index (χ0v) is 9.24. The van der Waals surface area contributed by atoms with Crippen molar-refractivity contribution in [1.82, 2.24) is 0 Å². The number of nitrogens with two attached hydrogens (primary N) is 1. The molecule has 0 radical (unpaired) electrons. The lowest BCUT2D eigenvalue weighted by Crippen LogP contribution is -2.12. The Morgan fingerprint density at radius 2 is 1.94 bits per heavy atom. The van der Waals surface area contributed by atoms with Crippen molar-refractivity contribution in [2.45, 2.75) is 11.3 Å². The molecule has 5 nitrogen and oxygen atoms in total. The van der Waals surface area contributed by atoms with Crippen LogP contribution >= 0.6 is 0 Å². The van der Waals surface area contributed by atoms with Crippen molar-refractivity contribution in [1.29, 1.82) is 0 Å². The summed E-state index contributed by atoms with van der Waals surface area (Å²) in [4.78, 5) is 10.9. The smallest absolute Gasteiger partial charge is 0.341 e. The van der Waals surface area contributed by atoms with E-state index in [9.17, 15) is 13.2 Å². The summed E-state index contributed by atoms with van der Waals surface area (Å²) in [6.07, 6.45) is 1.11. The van der Waals surface area contributed by atoms with Crippen LogP contribution in [-0.2, 0) is 19.1 Å². The van der Waals surface area contributed by atoms with Crippen LogP contribution in [0.25, 0.3) is 0 Å². The molecule has 6 heteroatoms. The average molecular weight is 241 g/mol. The lowest BCUT2D eigenvalue weighted by atomic mass is 10.3. The van der Waals surface area contributed by atoms with Gasteiger partial charge in [0, 0.05) is 5.69 Å². The summed E-state index contributed by atoms with van der Waals surface area (Å²) >= 11 is 0. The fourth-order valence-corrected chi connectivity index (χ4v) is 1.84. The minimum Gasteiger partial charge on any atom is -0.399 e. The molecule has 0 aliphatic heterocycles. The number of rotatable bonds is 4. The molecular formula is C10H11NO4S. The first-order chi connectivity index (χ1) is 7.45. The maximum absolute atomic E-state index is 11.5. The summed E-state index contributed by atoms with van der Waals surface area (Å²) < 4.78 is 27.3. The quantitative estimate of drug-likeness (QED) is 0.484. The molecule has 1 aromatic carbocycles. The molecular weight excluding hydrogens is 230 g/mol. The number of carbonyl (C=O) groups is 1. The normalized spacial score (nSPS) is 10.8. The van der Waals surface area contributed by atoms with Gasteiger partial charge in [0.1, 0.15) is 4.90 Å². The largest absolute Gasteiger partial charge is 0.399 e. The Morgan fingerprint density at radius 1 is 1.38 bits per heavy atom. The number of nitrogen functional groups attached to an aromatic ring is 1. The molecule has 0 bridgehead atoms. The van der Waals surface area contributed by atoms with Crippen LogP contribution < -0.4 is 5.73 Å². The van der Waals surface area contributed by atoms with Gasteiger partial charge in [-0.15, -0.1) is 6.58 Å². The van der Waals surface area contributed by atoms with E-state index in [1.54, 1.807) is 0 Å². The van der Waals surface area contributed by atoms with E-state index < -0.39 is 16.1 Å². The third kappa shape index (κ3) is 3.09. The molecule has 1 aromatic rings. The maximum Gasteiger partial charge on any atom is 0.341 e. The Balaban J connectivity index is 2.90. The lowest BCUT2D eigenvalue weighted by molar-refractivity contribution is -0.132. The van der Waals surface area contributed by atoms with E-state index in [1.807, 2.05) is 0 Å². The first kappa shape index (κ1) is 12.3. The van der Waals surface area contributed by atoms with Gasteiger partial charge < -0.3 is 9.92 Å². The molecule has 2 N–H and O–H groups in total. The highest BCUT2D eigenvalue weighted by atomic mass is 32.2. The third-order valence-electron chi connectivity index (χ3n) is 1.68. The Kier molecular flexibility index (Phi) is 3.68. The van der Waals surface area contributed by atoms with Crippen molar-refractivity contribution in [2.24, 2.45) is 0 Å². The number of carbonyl (C=O) groups excluding carboxylic acids is 1. The van der Waals surface area contributed by atoms with Gasteiger partial charge in [-0.3, -0.25) is 4.79 Å². The van der Waals surface area contributed by atoms with E-state index in [2.05, 4.69) is 10.8 Å². The van der Waals surface area contributed by atoms with E-state index in [-0.39, 0.29) is 11.3 Å². The average Bonchev–Trinajstić information content (AvgIpc) is 2.17. The summed E-state index contributed by atoms with van der Waals surface area (Å²) in [5.74, 6) is -0.869. The van der Waals surface area contributed by atoms with Gasteiger partial charge >= 0.3 is 16.1 Å². The Morgan fingerprint density at radius 3 is 2.44 bits per heavy atom. The van der Waals surface area contributed by atoms with Gasteiger partial charge in [-0.2, -0.15) is 8.42 Å². The summed E-state index contributed by atoms with van der Waals surface area (Å²) in [5.41, 5.74) is 5.83. The van der Waals surface area contributed by atoms with Crippen molar-refractivity contribution in [2.75, 3.05) is 5.73 Å². The van der Waals surface area contributed by atoms with Crippen LogP contribution in [0.3, 0.4) is 0 Å². The number of hydrogen-bond donors (Lipinski definition) is 1. The monoisotopic (exact) mass is 241 g/mol. The standard InChI is InChI=1S/C10H11NO4S/c1-2-3-10(12)15-16(13,14)9-6-4-8(11)5-7-9/h2,4-7H,1,3,11H2. The summed E-state index contributed by atoms with van der Waals surface area (Å²) in [5, 5.41) is 0. The zero-order chi connectivity index (χ0) is 12.2. The summed E-state index contributed by atoms with van der Waals surface area (Å²) in [6, 6.07) is 5.36. The van der Waals surface area contributed by atoms with Crippen LogP contribution in [-0.4, -0.2) is 14.4 Å². The van der Waals surface area contributed by atoms with Gasteiger partial charge in [0.2, 0.25) is 0 Å². The van der Waals surface area contributed by atoms with Crippen molar-refractivity contribution in [3.05, 3.63) is 36.9 Å². The molecule has 0 heterocycles. The van der Waals surface area contributed by atoms with Crippen molar-refractivity contribution in [3.63, 3.8) is 0 Å². The van der Waals surface area contributed by atoms with Crippen molar-refractivity contribution >= 4 is 21.8 Å². The third-order valence-corrected chi connectivity index (χ3v) is 2.94. The minimum absolute atomic E-state index is 0.112. The zero-order valence-electron chi connectivity index (χ0n) is 8.42. The predicted molar refractivity (Wildman–Crippen MR) is 58.9 cm³/mol. The Bertz CT molecular complexity index is 490. The summed E-state index contributed by atoms with van der Waals surface area (Å²) in [6.45, 7) is 3.30. The molecule has 0 saturated heterocycles. The molecule has 0 unspecified atom stereocenters. The highest BCUT2D eigenvalue weighted by Crippen LogP contribution is 2.14. The SMILES string of the molecule is C=CCC(=O)OS(=O)(=O)c1ccc(N)cc1. The minimum atomic E-state index is -4.05. The number of hydrogen-bond acceptors (Lipinski definition) is 5. The van der Waals surface area contributed by atoms with E-state index in [0.29, 0.717) is 5.69 Å². The molecule has 1 rings (SSSR count). The molecule has 0 aromatic heterocycles. The number of benzene rings is 1. The maximum atomic E-state index is 11.5. The fourth-order valence-electron chi connectivity index (χ4n) is 0.957. The Hall–Kier alpha value is -1.82. The lowest BCUT2D eigenvalue weighted by Gasteiger charge is -2.04. The van der Waals surface area contributed by atoms with Gasteiger partial charge in [-0.1, -0.05) is 6.08 Å². The van der Waals surface area contributed by atoms with Crippen LogP contribution in [0.1, 0.15) is 6.42 Å². The van der Waals surface area contributed by atoms with Crippen LogP contribution in [0.15, 0.2) is 41.8 Å². The topological polar surface area (TPSA) is 86.5 Å². The molecule has 0 aliphatic carbocycles. The number of anilines is 1. The fraction of sp³-hybridized carbons (Fsp3) is 0.100. The summed E-state index contributed by atoms with van der Waals surface area (Å²) in [7, 11) is -4.05. The van der Waals surface area contributed by atoms with Gasteiger partial charge in [0.15, 0.2) is 0 Å². The van der Waals surface area contributed by atoms with Crippen LogP contribution in [0.5, 0.6) is 0 Å². The first-order valence-corrected chi connectivity index (χ1v) is 5.80. The molecule has 0 fully saturated rings.